The summed E-state index contributed by atoms with van der Waals surface area (Å²) in [5, 5.41) is 0. The average Bonchev–Trinajstić information content (AvgIpc) is 2.61. The number of para-hydroxylation sites is 3. The zero-order valence-electron chi connectivity index (χ0n) is 13.5. The Balaban J connectivity index is 2.02. The maximum atomic E-state index is 2.43. The topological polar surface area (TPSA) is 3.24 Å². The Labute approximate surface area is 137 Å². The molecular formula is C22H19N. The Morgan fingerprint density at radius 1 is 0.609 bits per heavy atom. The Kier molecular flexibility index (Phi) is 2.40. The Morgan fingerprint density at radius 3 is 1.30 bits per heavy atom. The molecule has 0 aliphatic carbocycles. The first-order valence-electron chi connectivity index (χ1n) is 8.35. The molecule has 0 saturated heterocycles. The molecule has 3 aliphatic heterocycles. The van der Waals surface area contributed by atoms with Gasteiger partial charge in [0.15, 0.2) is 0 Å². The second kappa shape index (κ2) is 4.26. The lowest BCUT2D eigenvalue weighted by atomic mass is 9.57. The molecule has 3 aromatic carbocycles. The fourth-order valence-corrected chi connectivity index (χ4v) is 4.76. The van der Waals surface area contributed by atoms with E-state index in [9.17, 15) is 0 Å². The summed E-state index contributed by atoms with van der Waals surface area (Å²) in [5.74, 6) is 0.480. The van der Waals surface area contributed by atoms with Crippen molar-refractivity contribution in [1.29, 1.82) is 0 Å². The molecule has 3 aromatic rings. The molecule has 3 heterocycles. The maximum Gasteiger partial charge on any atom is 0.0536 e. The minimum absolute atomic E-state index is 0.0570. The van der Waals surface area contributed by atoms with E-state index in [1.807, 2.05) is 0 Å². The van der Waals surface area contributed by atoms with Crippen molar-refractivity contribution in [3.05, 3.63) is 89.5 Å². The molecule has 0 amide bonds. The Hall–Kier alpha value is -2.54. The first kappa shape index (κ1) is 13.0. The number of benzene rings is 3. The van der Waals surface area contributed by atoms with Crippen molar-refractivity contribution in [1.82, 2.24) is 0 Å². The third-order valence-electron chi connectivity index (χ3n) is 5.58. The zero-order valence-corrected chi connectivity index (χ0v) is 13.5. The number of hydrogen-bond donors (Lipinski definition) is 0. The SMILES string of the molecule is CC(C)C12c3ccccc3N(c3ccccc31)c1ccccc12. The largest absolute Gasteiger partial charge is 0.310 e. The lowest BCUT2D eigenvalue weighted by Gasteiger charge is -2.54. The molecule has 0 spiro atoms. The molecule has 6 rings (SSSR count). The number of anilines is 3. The number of nitrogens with zero attached hydrogens (tertiary/aromatic N) is 1. The fraction of sp³-hybridized carbons (Fsp3) is 0.182. The summed E-state index contributed by atoms with van der Waals surface area (Å²) in [5.41, 5.74) is 8.25. The van der Waals surface area contributed by atoms with Gasteiger partial charge in [0.25, 0.3) is 0 Å². The third kappa shape index (κ3) is 1.34. The lowest BCUT2D eigenvalue weighted by molar-refractivity contribution is 0.427. The molecule has 0 fully saturated rings. The van der Waals surface area contributed by atoms with Crippen LogP contribution in [0.3, 0.4) is 0 Å². The number of rotatable bonds is 1. The highest BCUT2D eigenvalue weighted by atomic mass is 15.2. The second-order valence-electron chi connectivity index (χ2n) is 6.85. The van der Waals surface area contributed by atoms with Crippen LogP contribution in [0.2, 0.25) is 0 Å². The molecule has 0 unspecified atom stereocenters. The van der Waals surface area contributed by atoms with E-state index in [-0.39, 0.29) is 5.41 Å². The highest BCUT2D eigenvalue weighted by Gasteiger charge is 2.52. The Morgan fingerprint density at radius 2 is 0.957 bits per heavy atom. The highest BCUT2D eigenvalue weighted by Crippen LogP contribution is 2.63. The minimum atomic E-state index is -0.0570. The first-order valence-corrected chi connectivity index (χ1v) is 8.35. The van der Waals surface area contributed by atoms with Gasteiger partial charge in [-0.15, -0.1) is 0 Å². The van der Waals surface area contributed by atoms with Gasteiger partial charge in [0.1, 0.15) is 0 Å². The van der Waals surface area contributed by atoms with Crippen molar-refractivity contribution >= 4 is 17.1 Å². The van der Waals surface area contributed by atoms with Gasteiger partial charge in [0.05, 0.1) is 22.5 Å². The quantitative estimate of drug-likeness (QED) is 0.551. The fourth-order valence-electron chi connectivity index (χ4n) is 4.76. The molecule has 0 aromatic heterocycles. The average molecular weight is 297 g/mol. The second-order valence-corrected chi connectivity index (χ2v) is 6.85. The van der Waals surface area contributed by atoms with E-state index >= 15 is 0 Å². The number of hydrogen-bond acceptors (Lipinski definition) is 1. The molecule has 3 aliphatic rings. The van der Waals surface area contributed by atoms with Crippen LogP contribution in [0, 0.1) is 5.92 Å². The van der Waals surface area contributed by atoms with E-state index in [1.54, 1.807) is 0 Å². The predicted molar refractivity (Wildman–Crippen MR) is 95.8 cm³/mol. The smallest absolute Gasteiger partial charge is 0.0536 e. The van der Waals surface area contributed by atoms with Crippen LogP contribution in [0.15, 0.2) is 72.8 Å². The van der Waals surface area contributed by atoms with Crippen molar-refractivity contribution in [3.8, 4) is 0 Å². The Bertz CT molecular complexity index is 807. The summed E-state index contributed by atoms with van der Waals surface area (Å²) < 4.78 is 0. The van der Waals surface area contributed by atoms with Gasteiger partial charge >= 0.3 is 0 Å². The van der Waals surface area contributed by atoms with Crippen LogP contribution in [0.4, 0.5) is 17.1 Å². The van der Waals surface area contributed by atoms with Crippen LogP contribution in [-0.4, -0.2) is 0 Å². The van der Waals surface area contributed by atoms with E-state index in [4.69, 9.17) is 0 Å². The van der Waals surface area contributed by atoms with Crippen LogP contribution in [0.5, 0.6) is 0 Å². The van der Waals surface area contributed by atoms with Crippen molar-refractivity contribution in [2.45, 2.75) is 19.3 Å². The van der Waals surface area contributed by atoms with Gasteiger partial charge < -0.3 is 4.90 Å². The van der Waals surface area contributed by atoms with Crippen molar-refractivity contribution < 1.29 is 0 Å². The van der Waals surface area contributed by atoms with E-state index < -0.39 is 0 Å². The monoisotopic (exact) mass is 297 g/mol. The van der Waals surface area contributed by atoms with Crippen LogP contribution in [0.1, 0.15) is 30.5 Å². The molecule has 2 bridgehead atoms. The van der Waals surface area contributed by atoms with Crippen LogP contribution < -0.4 is 4.90 Å². The van der Waals surface area contributed by atoms with E-state index in [0.717, 1.165) is 0 Å². The van der Waals surface area contributed by atoms with Gasteiger partial charge in [-0.25, -0.2) is 0 Å². The summed E-state index contributed by atoms with van der Waals surface area (Å²) in [4.78, 5) is 2.43. The molecule has 112 valence electrons. The third-order valence-corrected chi connectivity index (χ3v) is 5.58. The maximum absolute atomic E-state index is 2.43. The van der Waals surface area contributed by atoms with Crippen LogP contribution >= 0.6 is 0 Å². The molecular weight excluding hydrogens is 278 g/mol. The van der Waals surface area contributed by atoms with Gasteiger partial charge in [0.2, 0.25) is 0 Å². The van der Waals surface area contributed by atoms with Crippen molar-refractivity contribution in [3.63, 3.8) is 0 Å². The zero-order chi connectivity index (χ0) is 15.6. The highest BCUT2D eigenvalue weighted by molar-refractivity contribution is 5.94. The van der Waals surface area contributed by atoms with Gasteiger partial charge in [-0.3, -0.25) is 0 Å². The van der Waals surface area contributed by atoms with Crippen LogP contribution in [0.25, 0.3) is 0 Å². The summed E-state index contributed by atoms with van der Waals surface area (Å²) in [7, 11) is 0. The van der Waals surface area contributed by atoms with Crippen molar-refractivity contribution in [2.75, 3.05) is 4.90 Å². The lowest BCUT2D eigenvalue weighted by Crippen LogP contribution is -2.45. The van der Waals surface area contributed by atoms with E-state index in [1.165, 1.54) is 33.8 Å². The van der Waals surface area contributed by atoms with E-state index in [2.05, 4.69) is 91.5 Å². The van der Waals surface area contributed by atoms with Gasteiger partial charge in [0, 0.05) is 0 Å². The van der Waals surface area contributed by atoms with Gasteiger partial charge in [-0.1, -0.05) is 68.4 Å². The summed E-state index contributed by atoms with van der Waals surface area (Å²) >= 11 is 0. The normalized spacial score (nSPS) is 16.0. The first-order chi connectivity index (χ1) is 11.3. The van der Waals surface area contributed by atoms with Crippen molar-refractivity contribution in [2.24, 2.45) is 5.92 Å². The summed E-state index contributed by atoms with van der Waals surface area (Å²) in [6.07, 6.45) is 0. The van der Waals surface area contributed by atoms with Gasteiger partial charge in [-0.05, 0) is 40.8 Å². The molecule has 23 heavy (non-hydrogen) atoms. The molecule has 0 N–H and O–H groups in total. The molecule has 1 heteroatoms. The minimum Gasteiger partial charge on any atom is -0.310 e. The molecule has 1 nitrogen and oxygen atoms in total. The standard InChI is InChI=1S/C22H19N/c1-15(2)22-16-9-3-6-12-19(16)23(20-13-7-4-10-17(20)22)21-14-8-5-11-18(21)22/h3-15H,1-2H3. The van der Waals surface area contributed by atoms with Crippen LogP contribution in [-0.2, 0) is 5.41 Å². The molecule has 0 saturated carbocycles. The summed E-state index contributed by atoms with van der Waals surface area (Å²) in [6.45, 7) is 4.70. The van der Waals surface area contributed by atoms with Gasteiger partial charge in [-0.2, -0.15) is 0 Å². The predicted octanol–water partition coefficient (Wildman–Crippen LogP) is 5.77. The van der Waals surface area contributed by atoms with E-state index in [0.29, 0.717) is 5.92 Å². The molecule has 0 radical (unpaired) electrons. The summed E-state index contributed by atoms with van der Waals surface area (Å²) in [6, 6.07) is 26.7. The molecule has 0 atom stereocenters.